The molecule has 28 heavy (non-hydrogen) atoms. The van der Waals surface area contributed by atoms with E-state index in [9.17, 15) is 19.6 Å². The number of carbonyl (C=O) groups excluding carboxylic acids is 3. The summed E-state index contributed by atoms with van der Waals surface area (Å²) in [6, 6.07) is 7.37. The average Bonchev–Trinajstić information content (AvgIpc) is 3.38. The fourth-order valence-corrected chi connectivity index (χ4v) is 4.81. The minimum atomic E-state index is -0.635. The number of fused-ring (bicyclic) bond motifs is 6. The maximum absolute atomic E-state index is 13.3. The molecule has 4 amide bonds. The second-order valence-corrected chi connectivity index (χ2v) is 7.31. The summed E-state index contributed by atoms with van der Waals surface area (Å²) in [5.41, 5.74) is 1.28. The summed E-state index contributed by atoms with van der Waals surface area (Å²) in [5, 5.41) is 9.91. The van der Waals surface area contributed by atoms with E-state index in [1.54, 1.807) is 47.2 Å². The summed E-state index contributed by atoms with van der Waals surface area (Å²) in [7, 11) is 0. The van der Waals surface area contributed by atoms with Crippen LogP contribution in [0.3, 0.4) is 0 Å². The number of nitriles is 1. The quantitative estimate of drug-likeness (QED) is 0.743. The predicted molar refractivity (Wildman–Crippen MR) is 99.2 cm³/mol. The third-order valence-electron chi connectivity index (χ3n) is 6.00. The number of amides is 4. The van der Waals surface area contributed by atoms with Gasteiger partial charge in [0.1, 0.15) is 12.1 Å². The third-order valence-corrected chi connectivity index (χ3v) is 6.00. The molecule has 4 heterocycles. The highest BCUT2D eigenvalue weighted by Crippen LogP contribution is 2.43. The highest BCUT2D eigenvalue weighted by Gasteiger charge is 2.62. The zero-order valence-electron chi connectivity index (χ0n) is 15.2. The smallest absolute Gasteiger partial charge is 0.332 e. The summed E-state index contributed by atoms with van der Waals surface area (Å²) < 4.78 is 0. The maximum atomic E-state index is 13.3. The molecule has 1 aromatic heterocycles. The second kappa shape index (κ2) is 5.76. The van der Waals surface area contributed by atoms with Crippen LogP contribution in [0.5, 0.6) is 0 Å². The molecule has 3 aliphatic rings. The van der Waals surface area contributed by atoms with E-state index < -0.39 is 6.04 Å². The molecular weight excluding hydrogens is 358 g/mol. The molecule has 0 radical (unpaired) electrons. The van der Waals surface area contributed by atoms with Gasteiger partial charge in [0.25, 0.3) is 5.91 Å². The number of nitrogens with zero attached hydrogens (tertiary/aromatic N) is 5. The molecule has 3 fully saturated rings. The first-order valence-electron chi connectivity index (χ1n) is 9.30. The fourth-order valence-electron chi connectivity index (χ4n) is 4.81. The molecule has 2 bridgehead atoms. The summed E-state index contributed by atoms with van der Waals surface area (Å²) in [6.07, 6.45) is 2.61. The van der Waals surface area contributed by atoms with Crippen LogP contribution in [-0.2, 0) is 9.59 Å². The van der Waals surface area contributed by atoms with Gasteiger partial charge in [-0.25, -0.2) is 9.69 Å². The second-order valence-electron chi connectivity index (χ2n) is 7.31. The van der Waals surface area contributed by atoms with Gasteiger partial charge in [-0.15, -0.1) is 0 Å². The van der Waals surface area contributed by atoms with Gasteiger partial charge in [-0.1, -0.05) is 6.92 Å². The number of piperazine rings is 1. The Balaban J connectivity index is 1.59. The molecule has 3 aliphatic heterocycles. The molecule has 3 saturated heterocycles. The Morgan fingerprint density at radius 2 is 2.14 bits per heavy atom. The first-order chi connectivity index (χ1) is 13.6. The zero-order chi connectivity index (χ0) is 19.6. The van der Waals surface area contributed by atoms with Crippen LogP contribution < -0.4 is 4.90 Å². The molecule has 2 aromatic rings. The highest BCUT2D eigenvalue weighted by atomic mass is 16.2. The topological polar surface area (TPSA) is 97.6 Å². The molecule has 140 valence electrons. The molecule has 5 rings (SSSR count). The Hall–Kier alpha value is -3.47. The van der Waals surface area contributed by atoms with Crippen molar-refractivity contribution in [3.05, 3.63) is 36.0 Å². The summed E-state index contributed by atoms with van der Waals surface area (Å²) in [6.45, 7) is 2.28. The van der Waals surface area contributed by atoms with E-state index in [1.165, 1.54) is 4.90 Å². The van der Waals surface area contributed by atoms with E-state index in [0.717, 1.165) is 0 Å². The van der Waals surface area contributed by atoms with Crippen LogP contribution in [0.25, 0.3) is 10.9 Å². The Morgan fingerprint density at radius 3 is 2.89 bits per heavy atom. The normalized spacial score (nSPS) is 25.6. The number of likely N-dealkylation sites (tertiary alicyclic amines) is 1. The number of imide groups is 1. The zero-order valence-corrected chi connectivity index (χ0v) is 15.2. The molecule has 0 aliphatic carbocycles. The number of aromatic nitrogens is 1. The molecule has 1 aromatic carbocycles. The van der Waals surface area contributed by atoms with Gasteiger partial charge in [-0.2, -0.15) is 5.26 Å². The lowest BCUT2D eigenvalue weighted by atomic mass is 10.1. The molecule has 0 N–H and O–H groups in total. The van der Waals surface area contributed by atoms with Crippen LogP contribution in [0.2, 0.25) is 0 Å². The van der Waals surface area contributed by atoms with Crippen molar-refractivity contribution in [3.63, 3.8) is 0 Å². The number of pyridine rings is 1. The summed E-state index contributed by atoms with van der Waals surface area (Å²) in [5.74, 6) is -0.306. The minimum absolute atomic E-state index is 0.0128. The van der Waals surface area contributed by atoms with Gasteiger partial charge >= 0.3 is 6.03 Å². The number of benzene rings is 1. The van der Waals surface area contributed by atoms with Crippen LogP contribution >= 0.6 is 0 Å². The Bertz CT molecular complexity index is 1090. The average molecular weight is 375 g/mol. The SMILES string of the molecule is CCC(=O)N1C[C@H]2CC1[C@@H]1C(=O)N(c3ccc(C#N)c4ncccc34)C(=O)N21. The van der Waals surface area contributed by atoms with Gasteiger partial charge in [0.05, 0.1) is 28.9 Å². The van der Waals surface area contributed by atoms with Crippen molar-refractivity contribution in [1.82, 2.24) is 14.8 Å². The monoisotopic (exact) mass is 375 g/mol. The van der Waals surface area contributed by atoms with Gasteiger partial charge in [0.15, 0.2) is 0 Å². The van der Waals surface area contributed by atoms with Gasteiger partial charge in [0, 0.05) is 24.5 Å². The van der Waals surface area contributed by atoms with Crippen molar-refractivity contribution in [3.8, 4) is 6.07 Å². The van der Waals surface area contributed by atoms with Crippen LogP contribution in [0.15, 0.2) is 30.5 Å². The van der Waals surface area contributed by atoms with Crippen LogP contribution in [0.1, 0.15) is 25.3 Å². The van der Waals surface area contributed by atoms with E-state index in [1.807, 2.05) is 0 Å². The number of anilines is 1. The minimum Gasteiger partial charge on any atom is -0.335 e. The third kappa shape index (κ3) is 1.99. The molecule has 0 saturated carbocycles. The number of hydrogen-bond acceptors (Lipinski definition) is 5. The van der Waals surface area contributed by atoms with Crippen molar-refractivity contribution in [2.45, 2.75) is 37.9 Å². The van der Waals surface area contributed by atoms with Crippen molar-refractivity contribution < 1.29 is 14.4 Å². The number of rotatable bonds is 2. The van der Waals surface area contributed by atoms with Gasteiger partial charge in [-0.3, -0.25) is 14.6 Å². The lowest BCUT2D eigenvalue weighted by Crippen LogP contribution is -2.54. The lowest BCUT2D eigenvalue weighted by molar-refractivity contribution is -0.135. The fraction of sp³-hybridized carbons (Fsp3) is 0.350. The van der Waals surface area contributed by atoms with E-state index >= 15 is 0 Å². The predicted octanol–water partition coefficient (Wildman–Crippen LogP) is 1.64. The maximum Gasteiger partial charge on any atom is 0.332 e. The van der Waals surface area contributed by atoms with Crippen molar-refractivity contribution in [2.75, 3.05) is 11.4 Å². The Labute approximate surface area is 160 Å². The van der Waals surface area contributed by atoms with Crippen molar-refractivity contribution >= 4 is 34.4 Å². The van der Waals surface area contributed by atoms with Crippen molar-refractivity contribution in [1.29, 1.82) is 5.26 Å². The summed E-state index contributed by atoms with van der Waals surface area (Å²) in [4.78, 5) is 47.5. The van der Waals surface area contributed by atoms with Crippen molar-refractivity contribution in [2.24, 2.45) is 0 Å². The number of hydrogen-bond donors (Lipinski definition) is 0. The van der Waals surface area contributed by atoms with Crippen LogP contribution in [0.4, 0.5) is 10.5 Å². The van der Waals surface area contributed by atoms with Gasteiger partial charge < -0.3 is 9.80 Å². The van der Waals surface area contributed by atoms with E-state index in [0.29, 0.717) is 41.5 Å². The first-order valence-corrected chi connectivity index (χ1v) is 9.30. The Morgan fingerprint density at radius 1 is 1.32 bits per heavy atom. The summed E-state index contributed by atoms with van der Waals surface area (Å²) >= 11 is 0. The Kier molecular flexibility index (Phi) is 3.43. The number of urea groups is 1. The van der Waals surface area contributed by atoms with E-state index in [4.69, 9.17) is 0 Å². The lowest BCUT2D eigenvalue weighted by Gasteiger charge is -2.34. The molecule has 8 nitrogen and oxygen atoms in total. The molecule has 1 unspecified atom stereocenters. The van der Waals surface area contributed by atoms with Crippen LogP contribution in [-0.4, -0.2) is 57.3 Å². The largest absolute Gasteiger partial charge is 0.335 e. The molecule has 0 spiro atoms. The van der Waals surface area contributed by atoms with Gasteiger partial charge in [0.2, 0.25) is 5.91 Å². The first kappa shape index (κ1) is 16.7. The van der Waals surface area contributed by atoms with Gasteiger partial charge in [-0.05, 0) is 30.7 Å². The van der Waals surface area contributed by atoms with E-state index in [-0.39, 0.29) is 29.9 Å². The molecule has 8 heteroatoms. The van der Waals surface area contributed by atoms with E-state index in [2.05, 4.69) is 11.1 Å². The van der Waals surface area contributed by atoms with Crippen LogP contribution in [0, 0.1) is 11.3 Å². The standard InChI is InChI=1S/C20H17N5O3/c1-2-16(26)23-10-12-8-15(23)18-19(27)25(20(28)24(12)18)14-6-5-11(9-21)17-13(14)4-3-7-22-17/h3-7,12,15,18H,2,8,10H2,1H3/t12-,15?,18-/m1/s1. The molecule has 3 atom stereocenters. The highest BCUT2D eigenvalue weighted by molar-refractivity contribution is 6.25. The molecular formula is C20H17N5O3. The number of carbonyl (C=O) groups is 3.